The minimum Gasteiger partial charge on any atom is -0.369 e. The maximum atomic E-state index is 12.2. The van der Waals surface area contributed by atoms with E-state index >= 15 is 0 Å². The first-order valence-electron chi connectivity index (χ1n) is 6.68. The molecule has 0 aromatic carbocycles. The Morgan fingerprint density at radius 3 is 2.50 bits per heavy atom. The number of hydrogen-bond acceptors (Lipinski definition) is 4. The topological polar surface area (TPSA) is 58.1 Å². The molecule has 1 aromatic rings. The molecule has 1 saturated heterocycles. The molecule has 98 valence electrons. The third-order valence-corrected chi connectivity index (χ3v) is 3.13. The first-order chi connectivity index (χ1) is 8.81. The van der Waals surface area contributed by atoms with Crippen LogP contribution < -0.4 is 5.32 Å². The van der Waals surface area contributed by atoms with Crippen molar-refractivity contribution in [2.75, 3.05) is 25.0 Å². The summed E-state index contributed by atoms with van der Waals surface area (Å²) in [7, 11) is 0. The molecular formula is C13H20N4O. The SMILES string of the molecule is CCNc1ccc(C(=O)N2CCCCCC2)nn1. The molecule has 1 aliphatic rings. The number of nitrogens with zero attached hydrogens (tertiary/aromatic N) is 3. The molecule has 0 atom stereocenters. The minimum absolute atomic E-state index is 0.00690. The Morgan fingerprint density at radius 1 is 1.22 bits per heavy atom. The largest absolute Gasteiger partial charge is 0.369 e. The van der Waals surface area contributed by atoms with Crippen molar-refractivity contribution in [2.45, 2.75) is 32.6 Å². The second kappa shape index (κ2) is 6.33. The van der Waals surface area contributed by atoms with Crippen molar-refractivity contribution in [1.82, 2.24) is 15.1 Å². The first kappa shape index (κ1) is 12.8. The average molecular weight is 248 g/mol. The highest BCUT2D eigenvalue weighted by molar-refractivity contribution is 5.92. The third-order valence-electron chi connectivity index (χ3n) is 3.13. The number of hydrogen-bond donors (Lipinski definition) is 1. The second-order valence-corrected chi connectivity index (χ2v) is 4.54. The van der Waals surface area contributed by atoms with Gasteiger partial charge in [0.25, 0.3) is 5.91 Å². The van der Waals surface area contributed by atoms with Gasteiger partial charge in [-0.3, -0.25) is 4.79 Å². The van der Waals surface area contributed by atoms with Gasteiger partial charge in [-0.25, -0.2) is 0 Å². The number of carbonyl (C=O) groups excluding carboxylic acids is 1. The Hall–Kier alpha value is -1.65. The monoisotopic (exact) mass is 248 g/mol. The van der Waals surface area contributed by atoms with Gasteiger partial charge in [0.1, 0.15) is 5.82 Å². The molecule has 1 fully saturated rings. The summed E-state index contributed by atoms with van der Waals surface area (Å²) < 4.78 is 0. The summed E-state index contributed by atoms with van der Waals surface area (Å²) in [5.41, 5.74) is 0.443. The van der Waals surface area contributed by atoms with Crippen LogP contribution in [0.2, 0.25) is 0 Å². The van der Waals surface area contributed by atoms with Gasteiger partial charge >= 0.3 is 0 Å². The summed E-state index contributed by atoms with van der Waals surface area (Å²) in [6, 6.07) is 3.56. The van der Waals surface area contributed by atoms with Gasteiger partial charge in [0.15, 0.2) is 5.69 Å². The summed E-state index contributed by atoms with van der Waals surface area (Å²) >= 11 is 0. The maximum Gasteiger partial charge on any atom is 0.274 e. The normalized spacial score (nSPS) is 16.2. The van der Waals surface area contributed by atoms with Crippen LogP contribution in [-0.4, -0.2) is 40.6 Å². The molecule has 1 N–H and O–H groups in total. The van der Waals surface area contributed by atoms with Crippen LogP contribution in [0.3, 0.4) is 0 Å². The van der Waals surface area contributed by atoms with E-state index in [1.165, 1.54) is 12.8 Å². The lowest BCUT2D eigenvalue weighted by Gasteiger charge is -2.19. The van der Waals surface area contributed by atoms with E-state index in [-0.39, 0.29) is 5.91 Å². The van der Waals surface area contributed by atoms with Gasteiger partial charge in [0.05, 0.1) is 0 Å². The van der Waals surface area contributed by atoms with E-state index in [1.54, 1.807) is 6.07 Å². The zero-order valence-electron chi connectivity index (χ0n) is 10.9. The molecule has 5 heteroatoms. The van der Waals surface area contributed by atoms with E-state index in [1.807, 2.05) is 17.9 Å². The predicted octanol–water partition coefficient (Wildman–Crippen LogP) is 1.92. The van der Waals surface area contributed by atoms with Crippen LogP contribution in [0.5, 0.6) is 0 Å². The van der Waals surface area contributed by atoms with E-state index in [0.29, 0.717) is 11.5 Å². The van der Waals surface area contributed by atoms with Crippen molar-refractivity contribution >= 4 is 11.7 Å². The Bertz CT molecular complexity index is 382. The molecular weight excluding hydrogens is 228 g/mol. The van der Waals surface area contributed by atoms with E-state index in [9.17, 15) is 4.79 Å². The van der Waals surface area contributed by atoms with Crippen molar-refractivity contribution in [2.24, 2.45) is 0 Å². The predicted molar refractivity (Wildman–Crippen MR) is 70.6 cm³/mol. The van der Waals surface area contributed by atoms with Crippen molar-refractivity contribution in [3.8, 4) is 0 Å². The Balaban J connectivity index is 2.02. The molecule has 5 nitrogen and oxygen atoms in total. The van der Waals surface area contributed by atoms with E-state index < -0.39 is 0 Å². The number of nitrogens with one attached hydrogen (secondary N) is 1. The van der Waals surface area contributed by atoms with Gasteiger partial charge in [-0.15, -0.1) is 10.2 Å². The first-order valence-corrected chi connectivity index (χ1v) is 6.68. The third kappa shape index (κ3) is 3.18. The fraction of sp³-hybridized carbons (Fsp3) is 0.615. The number of anilines is 1. The lowest BCUT2D eigenvalue weighted by Crippen LogP contribution is -2.32. The lowest BCUT2D eigenvalue weighted by atomic mass is 10.2. The summed E-state index contributed by atoms with van der Waals surface area (Å²) in [5, 5.41) is 11.1. The van der Waals surface area contributed by atoms with E-state index in [4.69, 9.17) is 0 Å². The zero-order chi connectivity index (χ0) is 12.8. The molecule has 0 spiro atoms. The quantitative estimate of drug-likeness (QED) is 0.888. The van der Waals surface area contributed by atoms with Crippen LogP contribution in [0.4, 0.5) is 5.82 Å². The Kier molecular flexibility index (Phi) is 4.50. The number of carbonyl (C=O) groups is 1. The second-order valence-electron chi connectivity index (χ2n) is 4.54. The molecule has 0 saturated carbocycles. The smallest absolute Gasteiger partial charge is 0.274 e. The Morgan fingerprint density at radius 2 is 1.94 bits per heavy atom. The highest BCUT2D eigenvalue weighted by Crippen LogP contribution is 2.12. The molecule has 0 aliphatic carbocycles. The number of aromatic nitrogens is 2. The minimum atomic E-state index is 0.00690. The molecule has 1 aromatic heterocycles. The van der Waals surface area contributed by atoms with Crippen molar-refractivity contribution < 1.29 is 4.79 Å². The van der Waals surface area contributed by atoms with Crippen LogP contribution >= 0.6 is 0 Å². The zero-order valence-corrected chi connectivity index (χ0v) is 10.9. The molecule has 18 heavy (non-hydrogen) atoms. The fourth-order valence-electron chi connectivity index (χ4n) is 2.16. The summed E-state index contributed by atoms with van der Waals surface area (Å²) in [5.74, 6) is 0.720. The van der Waals surface area contributed by atoms with Gasteiger partial charge in [0.2, 0.25) is 0 Å². The van der Waals surface area contributed by atoms with Gasteiger partial charge in [-0.05, 0) is 31.9 Å². The van der Waals surface area contributed by atoms with Crippen molar-refractivity contribution in [1.29, 1.82) is 0 Å². The van der Waals surface area contributed by atoms with E-state index in [0.717, 1.165) is 32.5 Å². The molecule has 0 bridgehead atoms. The summed E-state index contributed by atoms with van der Waals surface area (Å²) in [6.07, 6.45) is 4.62. The van der Waals surface area contributed by atoms with Gasteiger partial charge in [-0.2, -0.15) is 0 Å². The Labute approximate surface area is 108 Å². The number of rotatable bonds is 3. The number of amides is 1. The van der Waals surface area contributed by atoms with Crippen molar-refractivity contribution in [3.05, 3.63) is 17.8 Å². The molecule has 1 amide bonds. The highest BCUT2D eigenvalue weighted by Gasteiger charge is 2.18. The molecule has 1 aliphatic heterocycles. The van der Waals surface area contributed by atoms with Crippen LogP contribution in [0.15, 0.2) is 12.1 Å². The molecule has 2 heterocycles. The average Bonchev–Trinajstić information content (AvgIpc) is 2.68. The fourth-order valence-corrected chi connectivity index (χ4v) is 2.16. The molecule has 2 rings (SSSR count). The van der Waals surface area contributed by atoms with Gasteiger partial charge in [-0.1, -0.05) is 12.8 Å². The van der Waals surface area contributed by atoms with Gasteiger partial charge < -0.3 is 10.2 Å². The summed E-state index contributed by atoms with van der Waals surface area (Å²) in [6.45, 7) is 4.48. The lowest BCUT2D eigenvalue weighted by molar-refractivity contribution is 0.0754. The maximum absolute atomic E-state index is 12.2. The van der Waals surface area contributed by atoms with Gasteiger partial charge in [0, 0.05) is 19.6 Å². The summed E-state index contributed by atoms with van der Waals surface area (Å²) in [4.78, 5) is 14.1. The highest BCUT2D eigenvalue weighted by atomic mass is 16.2. The van der Waals surface area contributed by atoms with E-state index in [2.05, 4.69) is 15.5 Å². The van der Waals surface area contributed by atoms with Crippen molar-refractivity contribution in [3.63, 3.8) is 0 Å². The standard InChI is InChI=1S/C13H20N4O/c1-2-14-12-8-7-11(15-16-12)13(18)17-9-5-3-4-6-10-17/h7-8H,2-6,9-10H2,1H3,(H,14,16). The van der Waals surface area contributed by atoms with Crippen LogP contribution in [-0.2, 0) is 0 Å². The van der Waals surface area contributed by atoms with Crippen LogP contribution in [0.1, 0.15) is 43.1 Å². The van der Waals surface area contributed by atoms with Crippen LogP contribution in [0.25, 0.3) is 0 Å². The van der Waals surface area contributed by atoms with Crippen LogP contribution in [0, 0.1) is 0 Å². The molecule has 0 radical (unpaired) electrons. The molecule has 0 unspecified atom stereocenters. The number of likely N-dealkylation sites (tertiary alicyclic amines) is 1.